The van der Waals surface area contributed by atoms with E-state index in [0.717, 1.165) is 5.56 Å². The van der Waals surface area contributed by atoms with Crippen molar-refractivity contribution in [2.24, 2.45) is 0 Å². The van der Waals surface area contributed by atoms with Gasteiger partial charge in [0.1, 0.15) is 18.3 Å². The number of rotatable bonds is 3. The number of nitrogens with one attached hydrogen (secondary N) is 1. The lowest BCUT2D eigenvalue weighted by Crippen LogP contribution is -2.34. The topological polar surface area (TPSA) is 102 Å². The molecule has 134 valence electrons. The Morgan fingerprint density at radius 1 is 1.23 bits per heavy atom. The van der Waals surface area contributed by atoms with Crippen molar-refractivity contribution in [3.8, 4) is 17.3 Å². The van der Waals surface area contributed by atoms with Gasteiger partial charge in [0, 0.05) is 18.0 Å². The Labute approximate surface area is 153 Å². The zero-order valence-corrected chi connectivity index (χ0v) is 14.3. The molecule has 2 aliphatic rings. The van der Waals surface area contributed by atoms with Crippen molar-refractivity contribution in [1.82, 2.24) is 19.9 Å². The number of pyridine rings is 2. The molecular weight excluding hydrogens is 360 g/mol. The van der Waals surface area contributed by atoms with Gasteiger partial charge in [0.05, 0.1) is 29.4 Å². The number of aliphatic hydroxyl groups is 1. The van der Waals surface area contributed by atoms with Gasteiger partial charge in [-0.25, -0.2) is 4.98 Å². The van der Waals surface area contributed by atoms with E-state index in [1.54, 1.807) is 18.5 Å². The summed E-state index contributed by atoms with van der Waals surface area (Å²) in [4.78, 5) is 16.1. The maximum absolute atomic E-state index is 9.81. The Hall–Kier alpha value is -2.26. The molecule has 0 aromatic carbocycles. The number of imidazole rings is 1. The summed E-state index contributed by atoms with van der Waals surface area (Å²) in [6.45, 7) is 0.583. The molecule has 5 heterocycles. The first-order chi connectivity index (χ1) is 12.7. The van der Waals surface area contributed by atoms with Crippen molar-refractivity contribution in [2.45, 2.75) is 24.4 Å². The Bertz CT molecular complexity index is 951. The summed E-state index contributed by atoms with van der Waals surface area (Å²) in [5.74, 6) is 0. The highest BCUT2D eigenvalue weighted by Gasteiger charge is 2.48. The van der Waals surface area contributed by atoms with E-state index in [2.05, 4.69) is 19.9 Å². The molecule has 0 bridgehead atoms. The highest BCUT2D eigenvalue weighted by Crippen LogP contribution is 2.31. The third-order valence-electron chi connectivity index (χ3n) is 4.58. The second-order valence-electron chi connectivity index (χ2n) is 6.29. The predicted molar refractivity (Wildman–Crippen MR) is 92.0 cm³/mol. The third-order valence-corrected chi connectivity index (χ3v) is 4.87. The van der Waals surface area contributed by atoms with Gasteiger partial charge in [-0.1, -0.05) is 11.6 Å². The Kier molecular flexibility index (Phi) is 3.79. The molecule has 2 aliphatic heterocycles. The van der Waals surface area contributed by atoms with Crippen molar-refractivity contribution < 1.29 is 19.3 Å². The van der Waals surface area contributed by atoms with E-state index in [4.69, 9.17) is 25.8 Å². The summed E-state index contributed by atoms with van der Waals surface area (Å²) in [6.07, 6.45) is 1.77. The van der Waals surface area contributed by atoms with E-state index in [1.807, 2.05) is 12.1 Å². The SMILES string of the molecule is O[C@@H]1CO[C@H]2[C@@H]1OC[C@H]2Oc1nc2nc(-c3cccnc3)c(Cl)cc2[nH]1. The number of nitrogens with zero attached hydrogens (tertiary/aromatic N) is 3. The summed E-state index contributed by atoms with van der Waals surface area (Å²) in [6, 6.07) is 5.78. The molecule has 8 nitrogen and oxygen atoms in total. The molecule has 5 rings (SSSR count). The smallest absolute Gasteiger partial charge is 0.296 e. The fraction of sp³-hybridized carbons (Fsp3) is 0.353. The lowest BCUT2D eigenvalue weighted by Gasteiger charge is -2.15. The number of aliphatic hydroxyl groups excluding tert-OH is 1. The molecule has 0 radical (unpaired) electrons. The average Bonchev–Trinajstić information content (AvgIpc) is 3.32. The summed E-state index contributed by atoms with van der Waals surface area (Å²) >= 11 is 6.36. The molecule has 0 amide bonds. The summed E-state index contributed by atoms with van der Waals surface area (Å²) < 4.78 is 17.0. The van der Waals surface area contributed by atoms with E-state index >= 15 is 0 Å². The molecule has 2 saturated heterocycles. The van der Waals surface area contributed by atoms with Gasteiger partial charge in [0.2, 0.25) is 0 Å². The van der Waals surface area contributed by atoms with E-state index in [-0.39, 0.29) is 24.9 Å². The number of fused-ring (bicyclic) bond motifs is 2. The van der Waals surface area contributed by atoms with Gasteiger partial charge in [-0.05, 0) is 18.2 Å². The van der Waals surface area contributed by atoms with Crippen molar-refractivity contribution in [2.75, 3.05) is 13.2 Å². The van der Waals surface area contributed by atoms with Gasteiger partial charge in [-0.15, -0.1) is 0 Å². The van der Waals surface area contributed by atoms with Gasteiger partial charge in [-0.2, -0.15) is 4.98 Å². The molecular formula is C17H15ClN4O4. The lowest BCUT2D eigenvalue weighted by atomic mass is 10.1. The minimum absolute atomic E-state index is 0.251. The van der Waals surface area contributed by atoms with Gasteiger partial charge < -0.3 is 24.3 Å². The minimum Gasteiger partial charge on any atom is -0.456 e. The Balaban J connectivity index is 1.43. The first kappa shape index (κ1) is 16.0. The zero-order valence-electron chi connectivity index (χ0n) is 13.5. The third kappa shape index (κ3) is 2.62. The molecule has 26 heavy (non-hydrogen) atoms. The number of hydrogen-bond acceptors (Lipinski definition) is 7. The van der Waals surface area contributed by atoms with Crippen molar-refractivity contribution in [1.29, 1.82) is 0 Å². The molecule has 2 fully saturated rings. The van der Waals surface area contributed by atoms with Crippen molar-refractivity contribution >= 4 is 22.8 Å². The van der Waals surface area contributed by atoms with Crippen LogP contribution in [0.3, 0.4) is 0 Å². The van der Waals surface area contributed by atoms with Crippen LogP contribution >= 0.6 is 11.6 Å². The van der Waals surface area contributed by atoms with Crippen LogP contribution in [0.25, 0.3) is 22.4 Å². The largest absolute Gasteiger partial charge is 0.456 e. The van der Waals surface area contributed by atoms with Crippen LogP contribution in [0.5, 0.6) is 6.01 Å². The molecule has 0 saturated carbocycles. The molecule has 3 aromatic rings. The number of aromatic amines is 1. The Morgan fingerprint density at radius 2 is 2.12 bits per heavy atom. The molecule has 3 aromatic heterocycles. The van der Waals surface area contributed by atoms with Crippen LogP contribution < -0.4 is 4.74 Å². The molecule has 2 N–H and O–H groups in total. The summed E-state index contributed by atoms with van der Waals surface area (Å²) in [5, 5.41) is 10.3. The average molecular weight is 375 g/mol. The molecule has 0 aliphatic carbocycles. The monoisotopic (exact) mass is 374 g/mol. The number of hydrogen-bond donors (Lipinski definition) is 2. The number of H-pyrrole nitrogens is 1. The molecule has 0 unspecified atom stereocenters. The van der Waals surface area contributed by atoms with Crippen LogP contribution in [0.2, 0.25) is 5.02 Å². The normalized spacial score (nSPS) is 27.8. The number of aromatic nitrogens is 4. The predicted octanol–water partition coefficient (Wildman–Crippen LogP) is 1.58. The zero-order chi connectivity index (χ0) is 17.7. The summed E-state index contributed by atoms with van der Waals surface area (Å²) in [5.41, 5.74) is 2.58. The first-order valence-corrected chi connectivity index (χ1v) is 8.61. The number of halogens is 1. The maximum Gasteiger partial charge on any atom is 0.296 e. The lowest BCUT2D eigenvalue weighted by molar-refractivity contribution is 0.00706. The second-order valence-corrected chi connectivity index (χ2v) is 6.70. The van der Waals surface area contributed by atoms with Crippen LogP contribution in [-0.2, 0) is 9.47 Å². The van der Waals surface area contributed by atoms with E-state index in [9.17, 15) is 5.11 Å². The fourth-order valence-corrected chi connectivity index (χ4v) is 3.61. The minimum atomic E-state index is -0.619. The van der Waals surface area contributed by atoms with Crippen LogP contribution in [0.15, 0.2) is 30.6 Å². The Morgan fingerprint density at radius 3 is 2.96 bits per heavy atom. The van der Waals surface area contributed by atoms with Crippen LogP contribution in [0, 0.1) is 0 Å². The second kappa shape index (κ2) is 6.17. The first-order valence-electron chi connectivity index (χ1n) is 8.23. The van der Waals surface area contributed by atoms with Crippen molar-refractivity contribution in [3.63, 3.8) is 0 Å². The summed E-state index contributed by atoms with van der Waals surface area (Å²) in [7, 11) is 0. The molecule has 0 spiro atoms. The maximum atomic E-state index is 9.81. The van der Waals surface area contributed by atoms with Crippen LogP contribution in [0.1, 0.15) is 0 Å². The van der Waals surface area contributed by atoms with Gasteiger partial charge in [0.15, 0.2) is 11.8 Å². The fourth-order valence-electron chi connectivity index (χ4n) is 3.35. The van der Waals surface area contributed by atoms with Gasteiger partial charge in [-0.3, -0.25) is 4.98 Å². The standard InChI is InChI=1S/C17H15ClN4O4/c18-9-4-10-16(21-13(9)8-2-1-3-19-5-8)22-17(20-10)26-12-7-25-14-11(23)6-24-15(12)14/h1-5,11-12,14-15,23H,6-7H2,(H,20,21,22)/t11-,12-,14-,15-/m1/s1. The van der Waals surface area contributed by atoms with E-state index in [0.29, 0.717) is 34.5 Å². The molecule has 4 atom stereocenters. The highest BCUT2D eigenvalue weighted by atomic mass is 35.5. The van der Waals surface area contributed by atoms with Crippen molar-refractivity contribution in [3.05, 3.63) is 35.6 Å². The molecule has 9 heteroatoms. The van der Waals surface area contributed by atoms with E-state index < -0.39 is 6.10 Å². The van der Waals surface area contributed by atoms with E-state index in [1.165, 1.54) is 0 Å². The quantitative estimate of drug-likeness (QED) is 0.717. The van der Waals surface area contributed by atoms with Crippen LogP contribution in [0.4, 0.5) is 0 Å². The highest BCUT2D eigenvalue weighted by molar-refractivity contribution is 6.33. The van der Waals surface area contributed by atoms with Crippen LogP contribution in [-0.4, -0.2) is 62.7 Å². The number of ether oxygens (including phenoxy) is 3. The van der Waals surface area contributed by atoms with Gasteiger partial charge in [0.25, 0.3) is 6.01 Å². The van der Waals surface area contributed by atoms with Gasteiger partial charge >= 0.3 is 0 Å².